The smallest absolute Gasteiger partial charge is 0.307 e. The Kier molecular flexibility index (Phi) is 3.45. The van der Waals surface area contributed by atoms with Gasteiger partial charge in [0, 0.05) is 0 Å². The number of nitrogens with one attached hydrogen (secondary N) is 2. The number of allylic oxidation sites excluding steroid dienone is 2. The number of carboxylic acid groups (broad SMARTS) is 1. The number of hydrogen-bond donors (Lipinski definition) is 3. The van der Waals surface area contributed by atoms with E-state index in [9.17, 15) is 19.5 Å². The van der Waals surface area contributed by atoms with Crippen LogP contribution in [0.5, 0.6) is 0 Å². The molecule has 0 spiro atoms. The maximum Gasteiger partial charge on any atom is 0.307 e. The first kappa shape index (κ1) is 15.6. The van der Waals surface area contributed by atoms with Crippen LogP contribution in [0.15, 0.2) is 12.2 Å². The number of rotatable bonds is 3. The first-order valence-corrected chi connectivity index (χ1v) is 7.82. The van der Waals surface area contributed by atoms with E-state index in [-0.39, 0.29) is 11.8 Å². The lowest BCUT2D eigenvalue weighted by atomic mass is 9.82. The molecule has 0 heterocycles. The Balaban J connectivity index is 1.62. The maximum absolute atomic E-state index is 12.3. The van der Waals surface area contributed by atoms with E-state index >= 15 is 0 Å². The molecule has 2 fully saturated rings. The van der Waals surface area contributed by atoms with Crippen molar-refractivity contribution in [3.8, 4) is 0 Å². The third kappa shape index (κ3) is 2.20. The van der Waals surface area contributed by atoms with Crippen molar-refractivity contribution in [1.29, 1.82) is 0 Å². The highest BCUT2D eigenvalue weighted by molar-refractivity contribution is 6.53. The first-order valence-electron chi connectivity index (χ1n) is 7.06. The van der Waals surface area contributed by atoms with Crippen LogP contribution < -0.4 is 10.9 Å². The number of hydrogen-bond acceptors (Lipinski definition) is 3. The maximum atomic E-state index is 12.3. The highest BCUT2D eigenvalue weighted by Gasteiger charge is 2.68. The number of carbonyl (C=O) groups is 3. The fourth-order valence-electron chi connectivity index (χ4n) is 3.50. The lowest BCUT2D eigenvalue weighted by molar-refractivity contribution is -0.148. The highest BCUT2D eigenvalue weighted by Crippen LogP contribution is 2.63. The summed E-state index contributed by atoms with van der Waals surface area (Å²) < 4.78 is -1.12. The van der Waals surface area contributed by atoms with Crippen molar-refractivity contribution >= 4 is 41.0 Å². The molecule has 8 heteroatoms. The van der Waals surface area contributed by atoms with E-state index in [1.54, 1.807) is 6.92 Å². The van der Waals surface area contributed by atoms with Gasteiger partial charge < -0.3 is 5.11 Å². The van der Waals surface area contributed by atoms with Crippen molar-refractivity contribution in [1.82, 2.24) is 10.9 Å². The molecule has 0 aromatic heterocycles. The van der Waals surface area contributed by atoms with E-state index in [1.807, 2.05) is 12.2 Å². The summed E-state index contributed by atoms with van der Waals surface area (Å²) in [6.07, 6.45) is 4.69. The summed E-state index contributed by atoms with van der Waals surface area (Å²) in [6, 6.07) is 0. The van der Waals surface area contributed by atoms with Gasteiger partial charge in [0.05, 0.1) is 17.3 Å². The van der Waals surface area contributed by atoms with E-state index in [2.05, 4.69) is 10.9 Å². The van der Waals surface area contributed by atoms with E-state index in [0.29, 0.717) is 12.8 Å². The third-order valence-corrected chi connectivity index (χ3v) is 6.21. The standard InChI is InChI=1S/C14H16Cl2N2O4/c1-13(5-14(13,15)16)12(22)18-17-10(19)8-6-2-3-7(4-6)9(8)11(20)21/h2-3,6-9H,4-5H2,1H3,(H,17,19)(H,18,22)(H,20,21). The fraction of sp³-hybridized carbons (Fsp3) is 0.643. The first-order chi connectivity index (χ1) is 10.2. The molecular weight excluding hydrogens is 331 g/mol. The Bertz CT molecular complexity index is 591. The molecule has 0 aliphatic heterocycles. The molecule has 6 nitrogen and oxygen atoms in total. The van der Waals surface area contributed by atoms with Crippen LogP contribution in [0.1, 0.15) is 19.8 Å². The summed E-state index contributed by atoms with van der Waals surface area (Å²) >= 11 is 11.8. The lowest BCUT2D eigenvalue weighted by Crippen LogP contribution is -2.50. The van der Waals surface area contributed by atoms with Gasteiger partial charge in [-0.05, 0) is 31.6 Å². The molecule has 3 aliphatic rings. The predicted molar refractivity (Wildman–Crippen MR) is 78.8 cm³/mol. The Morgan fingerprint density at radius 2 is 1.68 bits per heavy atom. The number of hydrazine groups is 1. The molecule has 0 saturated heterocycles. The quantitative estimate of drug-likeness (QED) is 0.407. The number of alkyl halides is 2. The van der Waals surface area contributed by atoms with Crippen LogP contribution in [-0.2, 0) is 14.4 Å². The fourth-order valence-corrected chi connectivity index (χ4v) is 4.21. The van der Waals surface area contributed by atoms with Crippen LogP contribution >= 0.6 is 23.2 Å². The van der Waals surface area contributed by atoms with Crippen LogP contribution in [0, 0.1) is 29.1 Å². The van der Waals surface area contributed by atoms with Gasteiger partial charge >= 0.3 is 5.97 Å². The summed E-state index contributed by atoms with van der Waals surface area (Å²) in [5.41, 5.74) is 3.70. The summed E-state index contributed by atoms with van der Waals surface area (Å²) in [4.78, 5) is 35.6. The van der Waals surface area contributed by atoms with Gasteiger partial charge in [0.1, 0.15) is 4.33 Å². The second-order valence-electron chi connectivity index (χ2n) is 6.49. The van der Waals surface area contributed by atoms with Gasteiger partial charge in [0.25, 0.3) is 0 Å². The SMILES string of the molecule is CC1(C(=O)NNC(=O)C2C3C=CC(C3)C2C(=O)O)CC1(Cl)Cl. The normalized spacial score (nSPS) is 40.3. The highest BCUT2D eigenvalue weighted by atomic mass is 35.5. The van der Waals surface area contributed by atoms with Crippen LogP contribution in [0.4, 0.5) is 0 Å². The zero-order chi connectivity index (χ0) is 16.3. The monoisotopic (exact) mass is 346 g/mol. The second kappa shape index (κ2) is 4.86. The molecule has 2 saturated carbocycles. The van der Waals surface area contributed by atoms with Gasteiger partial charge in [-0.2, -0.15) is 0 Å². The van der Waals surface area contributed by atoms with Gasteiger partial charge in [-0.1, -0.05) is 12.2 Å². The molecule has 3 N–H and O–H groups in total. The largest absolute Gasteiger partial charge is 0.481 e. The number of aliphatic carboxylic acids is 1. The molecule has 0 radical (unpaired) electrons. The van der Waals surface area contributed by atoms with Gasteiger partial charge in [0.2, 0.25) is 11.8 Å². The van der Waals surface area contributed by atoms with E-state index in [4.69, 9.17) is 23.2 Å². The Hall–Kier alpha value is -1.27. The summed E-state index contributed by atoms with van der Waals surface area (Å²) in [7, 11) is 0. The third-order valence-electron chi connectivity index (χ3n) is 5.11. The number of halogens is 2. The van der Waals surface area contributed by atoms with Gasteiger partial charge in [-0.25, -0.2) is 0 Å². The zero-order valence-electron chi connectivity index (χ0n) is 11.8. The molecule has 3 aliphatic carbocycles. The van der Waals surface area contributed by atoms with Crippen LogP contribution in [-0.4, -0.2) is 27.2 Å². The second-order valence-corrected chi connectivity index (χ2v) is 7.98. The van der Waals surface area contributed by atoms with E-state index in [0.717, 1.165) is 0 Å². The molecule has 3 rings (SSSR count). The van der Waals surface area contributed by atoms with Gasteiger partial charge in [0.15, 0.2) is 0 Å². The van der Waals surface area contributed by atoms with Gasteiger partial charge in [-0.15, -0.1) is 23.2 Å². The van der Waals surface area contributed by atoms with Crippen molar-refractivity contribution in [2.75, 3.05) is 0 Å². The van der Waals surface area contributed by atoms with Gasteiger partial charge in [-0.3, -0.25) is 25.2 Å². The Labute approximate surface area is 137 Å². The summed E-state index contributed by atoms with van der Waals surface area (Å²) in [5.74, 6) is -3.58. The minimum Gasteiger partial charge on any atom is -0.481 e. The lowest BCUT2D eigenvalue weighted by Gasteiger charge is -2.24. The predicted octanol–water partition coefficient (Wildman–Crippen LogP) is 1.24. The zero-order valence-corrected chi connectivity index (χ0v) is 13.3. The minimum absolute atomic E-state index is 0.0975. The van der Waals surface area contributed by atoms with Crippen molar-refractivity contribution in [2.45, 2.75) is 24.1 Å². The molecule has 0 aromatic carbocycles. The molecule has 5 atom stereocenters. The van der Waals surface area contributed by atoms with Crippen LogP contribution in [0.25, 0.3) is 0 Å². The minimum atomic E-state index is -1.12. The molecule has 22 heavy (non-hydrogen) atoms. The summed E-state index contributed by atoms with van der Waals surface area (Å²) in [5, 5.41) is 9.30. The topological polar surface area (TPSA) is 95.5 Å². The molecular formula is C14H16Cl2N2O4. The average molecular weight is 347 g/mol. The molecule has 0 aromatic rings. The molecule has 5 unspecified atom stereocenters. The molecule has 2 bridgehead atoms. The van der Waals surface area contributed by atoms with Crippen molar-refractivity contribution < 1.29 is 19.5 Å². The number of fused-ring (bicyclic) bond motifs is 2. The van der Waals surface area contributed by atoms with E-state index < -0.39 is 39.4 Å². The average Bonchev–Trinajstić information content (AvgIpc) is 2.85. The van der Waals surface area contributed by atoms with Crippen LogP contribution in [0.2, 0.25) is 0 Å². The summed E-state index contributed by atoms with van der Waals surface area (Å²) in [6.45, 7) is 1.61. The van der Waals surface area contributed by atoms with Crippen molar-refractivity contribution in [3.05, 3.63) is 12.2 Å². The van der Waals surface area contributed by atoms with Crippen LogP contribution in [0.3, 0.4) is 0 Å². The number of carboxylic acids is 1. The van der Waals surface area contributed by atoms with Crippen molar-refractivity contribution in [2.24, 2.45) is 29.1 Å². The number of amides is 2. The van der Waals surface area contributed by atoms with Crippen molar-refractivity contribution in [3.63, 3.8) is 0 Å². The molecule has 2 amide bonds. The van der Waals surface area contributed by atoms with E-state index in [1.165, 1.54) is 0 Å². The Morgan fingerprint density at radius 3 is 2.18 bits per heavy atom. The number of carbonyl (C=O) groups excluding carboxylic acids is 2. The Morgan fingerprint density at radius 1 is 1.14 bits per heavy atom. The molecule has 120 valence electrons.